The summed E-state index contributed by atoms with van der Waals surface area (Å²) in [4.78, 5) is 28.2. The van der Waals surface area contributed by atoms with Gasteiger partial charge in [0.05, 0.1) is 17.7 Å². The summed E-state index contributed by atoms with van der Waals surface area (Å²) >= 11 is 6.06. The predicted octanol–water partition coefficient (Wildman–Crippen LogP) is 4.80. The fraction of sp³-hybridized carbons (Fsp3) is 0.310. The van der Waals surface area contributed by atoms with Crippen molar-refractivity contribution in [2.24, 2.45) is 0 Å². The van der Waals surface area contributed by atoms with Crippen LogP contribution in [0.4, 0.5) is 5.69 Å². The zero-order valence-corrected chi connectivity index (χ0v) is 24.1. The quantitative estimate of drug-likeness (QED) is 0.337. The number of ether oxygens (including phenoxy) is 1. The summed E-state index contributed by atoms with van der Waals surface area (Å²) < 4.78 is 33.8. The van der Waals surface area contributed by atoms with E-state index in [1.54, 1.807) is 43.3 Å². The molecule has 1 atom stereocenters. The molecule has 1 N–H and O–H groups in total. The van der Waals surface area contributed by atoms with Crippen LogP contribution in [0.2, 0.25) is 5.02 Å². The average molecular weight is 572 g/mol. The SMILES string of the molecule is CCCNC(=O)[C@H](C)N(Cc1ccc(C)cc1)C(=O)CN(c1ccc(Cl)cc1)S(=O)(=O)c1ccc(OC)cc1. The first-order valence-corrected chi connectivity index (χ1v) is 14.4. The summed E-state index contributed by atoms with van der Waals surface area (Å²) in [5.74, 6) is -0.339. The maximum atomic E-state index is 13.9. The van der Waals surface area contributed by atoms with Crippen LogP contribution in [0.3, 0.4) is 0 Å². The van der Waals surface area contributed by atoms with Crippen molar-refractivity contribution < 1.29 is 22.7 Å². The lowest BCUT2D eigenvalue weighted by atomic mass is 10.1. The van der Waals surface area contributed by atoms with Gasteiger partial charge in [-0.2, -0.15) is 0 Å². The van der Waals surface area contributed by atoms with E-state index in [0.29, 0.717) is 17.3 Å². The standard InChI is InChI=1S/C29H34ClN3O5S/c1-5-18-31-29(35)22(3)32(19-23-8-6-21(2)7-9-23)28(34)20-33(25-12-10-24(30)11-13-25)39(36,37)27-16-14-26(38-4)15-17-27/h6-17,22H,5,18-20H2,1-4H3,(H,31,35)/t22-/m0/s1. The van der Waals surface area contributed by atoms with Crippen molar-refractivity contribution in [2.45, 2.75) is 44.7 Å². The molecule has 0 bridgehead atoms. The molecule has 2 amide bonds. The number of halogens is 1. The minimum Gasteiger partial charge on any atom is -0.497 e. The van der Waals surface area contributed by atoms with Crippen LogP contribution < -0.4 is 14.4 Å². The number of rotatable bonds is 12. The monoisotopic (exact) mass is 571 g/mol. The third-order valence-corrected chi connectivity index (χ3v) is 8.27. The van der Waals surface area contributed by atoms with Crippen molar-refractivity contribution in [3.05, 3.63) is 88.9 Å². The maximum Gasteiger partial charge on any atom is 0.264 e. The molecule has 0 aliphatic rings. The third kappa shape index (κ3) is 7.74. The van der Waals surface area contributed by atoms with Gasteiger partial charge in [0.2, 0.25) is 11.8 Å². The lowest BCUT2D eigenvalue weighted by molar-refractivity contribution is -0.139. The number of amides is 2. The fourth-order valence-electron chi connectivity index (χ4n) is 3.88. The minimum atomic E-state index is -4.17. The van der Waals surface area contributed by atoms with Crippen LogP contribution in [0.15, 0.2) is 77.7 Å². The highest BCUT2D eigenvalue weighted by atomic mass is 35.5. The Labute approximate surface area is 235 Å². The Bertz CT molecular complexity index is 1360. The first-order chi connectivity index (χ1) is 18.6. The zero-order valence-electron chi connectivity index (χ0n) is 22.6. The van der Waals surface area contributed by atoms with Crippen LogP contribution >= 0.6 is 11.6 Å². The Balaban J connectivity index is 2.00. The Morgan fingerprint density at radius 2 is 1.59 bits per heavy atom. The van der Waals surface area contributed by atoms with E-state index in [0.717, 1.165) is 21.9 Å². The van der Waals surface area contributed by atoms with E-state index >= 15 is 0 Å². The van der Waals surface area contributed by atoms with E-state index < -0.39 is 28.5 Å². The molecule has 0 aliphatic carbocycles. The minimum absolute atomic E-state index is 0.00938. The molecule has 3 rings (SSSR count). The van der Waals surface area contributed by atoms with Crippen molar-refractivity contribution in [3.63, 3.8) is 0 Å². The molecule has 0 aliphatic heterocycles. The molecule has 3 aromatic rings. The van der Waals surface area contributed by atoms with Gasteiger partial charge in [-0.15, -0.1) is 0 Å². The molecule has 3 aromatic carbocycles. The molecule has 10 heteroatoms. The molecule has 0 heterocycles. The predicted molar refractivity (Wildman–Crippen MR) is 153 cm³/mol. The van der Waals surface area contributed by atoms with Gasteiger partial charge in [0.1, 0.15) is 18.3 Å². The fourth-order valence-corrected chi connectivity index (χ4v) is 5.42. The Morgan fingerprint density at radius 3 is 2.15 bits per heavy atom. The van der Waals surface area contributed by atoms with Gasteiger partial charge in [0.25, 0.3) is 10.0 Å². The Kier molecular flexibility index (Phi) is 10.4. The van der Waals surface area contributed by atoms with E-state index in [2.05, 4.69) is 5.32 Å². The highest BCUT2D eigenvalue weighted by Crippen LogP contribution is 2.27. The molecule has 0 unspecified atom stereocenters. The number of sulfonamides is 1. The van der Waals surface area contributed by atoms with E-state index in [1.807, 2.05) is 38.1 Å². The molecule has 0 radical (unpaired) electrons. The second kappa shape index (κ2) is 13.5. The van der Waals surface area contributed by atoms with E-state index in [1.165, 1.54) is 24.1 Å². The average Bonchev–Trinajstić information content (AvgIpc) is 2.94. The highest BCUT2D eigenvalue weighted by Gasteiger charge is 2.32. The van der Waals surface area contributed by atoms with E-state index in [-0.39, 0.29) is 23.0 Å². The van der Waals surface area contributed by atoms with Crippen LogP contribution in [0.5, 0.6) is 5.75 Å². The lowest BCUT2D eigenvalue weighted by Gasteiger charge is -2.32. The number of nitrogens with one attached hydrogen (secondary N) is 1. The van der Waals surface area contributed by atoms with Crippen molar-refractivity contribution in [1.29, 1.82) is 0 Å². The normalized spacial score (nSPS) is 11.9. The van der Waals surface area contributed by atoms with Crippen LogP contribution in [-0.2, 0) is 26.2 Å². The van der Waals surface area contributed by atoms with E-state index in [9.17, 15) is 18.0 Å². The second-order valence-electron chi connectivity index (χ2n) is 9.14. The van der Waals surface area contributed by atoms with Crippen LogP contribution in [-0.4, -0.2) is 51.4 Å². The second-order valence-corrected chi connectivity index (χ2v) is 11.4. The van der Waals surface area contributed by atoms with Crippen LogP contribution in [0, 0.1) is 6.92 Å². The number of carbonyl (C=O) groups excluding carboxylic acids is 2. The summed E-state index contributed by atoms with van der Waals surface area (Å²) in [6, 6.07) is 18.9. The molecular weight excluding hydrogens is 538 g/mol. The molecular formula is C29H34ClN3O5S. The summed E-state index contributed by atoms with van der Waals surface area (Å²) in [5, 5.41) is 3.25. The number of benzene rings is 3. The van der Waals surface area contributed by atoms with E-state index in [4.69, 9.17) is 16.3 Å². The van der Waals surface area contributed by atoms with Gasteiger partial charge in [-0.05, 0) is 74.4 Å². The summed E-state index contributed by atoms with van der Waals surface area (Å²) in [6.07, 6.45) is 0.745. The highest BCUT2D eigenvalue weighted by molar-refractivity contribution is 7.92. The molecule has 0 aromatic heterocycles. The van der Waals surface area contributed by atoms with Crippen LogP contribution in [0.25, 0.3) is 0 Å². The molecule has 0 saturated heterocycles. The van der Waals surface area contributed by atoms with Gasteiger partial charge in [-0.3, -0.25) is 13.9 Å². The van der Waals surface area contributed by atoms with Crippen molar-refractivity contribution in [1.82, 2.24) is 10.2 Å². The van der Waals surface area contributed by atoms with Gasteiger partial charge < -0.3 is 15.0 Å². The maximum absolute atomic E-state index is 13.9. The number of methoxy groups -OCH3 is 1. The number of hydrogen-bond acceptors (Lipinski definition) is 5. The molecule has 0 fully saturated rings. The van der Waals surface area contributed by atoms with Gasteiger partial charge in [-0.1, -0.05) is 48.4 Å². The number of hydrogen-bond donors (Lipinski definition) is 1. The van der Waals surface area contributed by atoms with Crippen LogP contribution in [0.1, 0.15) is 31.4 Å². The van der Waals surface area contributed by atoms with Gasteiger partial charge in [-0.25, -0.2) is 8.42 Å². The molecule has 208 valence electrons. The molecule has 8 nitrogen and oxygen atoms in total. The largest absolute Gasteiger partial charge is 0.497 e. The molecule has 0 spiro atoms. The first-order valence-electron chi connectivity index (χ1n) is 12.6. The smallest absolute Gasteiger partial charge is 0.264 e. The molecule has 39 heavy (non-hydrogen) atoms. The number of anilines is 1. The van der Waals surface area contributed by atoms with Crippen molar-refractivity contribution >= 4 is 39.1 Å². The lowest BCUT2D eigenvalue weighted by Crippen LogP contribution is -2.51. The summed E-state index contributed by atoms with van der Waals surface area (Å²) in [6.45, 7) is 5.63. The Hall–Kier alpha value is -3.56. The van der Waals surface area contributed by atoms with Gasteiger partial charge in [0.15, 0.2) is 0 Å². The molecule has 0 saturated carbocycles. The topological polar surface area (TPSA) is 96.0 Å². The van der Waals surface area contributed by atoms with Crippen molar-refractivity contribution in [3.8, 4) is 5.75 Å². The number of nitrogens with zero attached hydrogens (tertiary/aromatic N) is 2. The Morgan fingerprint density at radius 1 is 0.974 bits per heavy atom. The summed E-state index contributed by atoms with van der Waals surface area (Å²) in [7, 11) is -2.68. The summed E-state index contributed by atoms with van der Waals surface area (Å²) in [5.41, 5.74) is 2.15. The first kappa shape index (κ1) is 30.0. The van der Waals surface area contributed by atoms with Crippen molar-refractivity contribution in [2.75, 3.05) is 24.5 Å². The number of aryl methyl sites for hydroxylation is 1. The van der Waals surface area contributed by atoms with Gasteiger partial charge >= 0.3 is 0 Å². The zero-order chi connectivity index (χ0) is 28.6. The van der Waals surface area contributed by atoms with Gasteiger partial charge in [0, 0.05) is 18.1 Å². The third-order valence-electron chi connectivity index (χ3n) is 6.23. The number of carbonyl (C=O) groups is 2.